The maximum absolute atomic E-state index is 5.07. The van der Waals surface area contributed by atoms with Gasteiger partial charge in [-0.2, -0.15) is 0 Å². The maximum atomic E-state index is 5.07. The molecule has 0 fully saturated rings. The van der Waals surface area contributed by atoms with Crippen LogP contribution in [0, 0.1) is 0 Å². The molecule has 1 aliphatic heterocycles. The van der Waals surface area contributed by atoms with Crippen LogP contribution in [0.15, 0.2) is 22.9 Å². The Balaban J connectivity index is 2.53. The Hall–Kier alpha value is -1.38. The first-order valence-corrected chi connectivity index (χ1v) is 2.72. The van der Waals surface area contributed by atoms with Crippen LogP contribution in [0.1, 0.15) is 5.76 Å². The van der Waals surface area contributed by atoms with Crippen LogP contribution in [0.2, 0.25) is 0 Å². The second kappa shape index (κ2) is 1.55. The number of rotatable bonds is 0. The lowest BCUT2D eigenvalue weighted by Gasteiger charge is -2.07. The average molecular weight is 122 g/mol. The Morgan fingerprint density at radius 2 is 2.44 bits per heavy atom. The second-order valence-electron chi connectivity index (χ2n) is 1.80. The number of hydrogen-bond acceptors (Lipinski definition) is 3. The van der Waals surface area contributed by atoms with E-state index in [4.69, 9.17) is 4.42 Å². The molecule has 1 aromatic heterocycles. The number of fused-ring (bicyclic) bond motifs is 1. The first-order valence-electron chi connectivity index (χ1n) is 2.72. The number of anilines is 1. The third-order valence-electron chi connectivity index (χ3n) is 1.22. The fraction of sp³-hybridized carbons (Fsp3) is 0. The first-order chi connectivity index (χ1) is 4.47. The second-order valence-corrected chi connectivity index (χ2v) is 1.80. The summed E-state index contributed by atoms with van der Waals surface area (Å²) in [6.07, 6.45) is 5.30. The van der Waals surface area contributed by atoms with Crippen molar-refractivity contribution in [2.24, 2.45) is 0 Å². The minimum atomic E-state index is 0.869. The van der Waals surface area contributed by atoms with Gasteiger partial charge >= 0.3 is 0 Å². The van der Waals surface area contributed by atoms with Crippen molar-refractivity contribution in [1.29, 1.82) is 0 Å². The summed E-state index contributed by atoms with van der Waals surface area (Å²) in [4.78, 5) is 0. The molecule has 0 amide bonds. The first kappa shape index (κ1) is 4.49. The summed E-state index contributed by atoms with van der Waals surface area (Å²) < 4.78 is 5.07. The Kier molecular flexibility index (Phi) is 0.773. The molecule has 46 valence electrons. The molecule has 0 aliphatic carbocycles. The van der Waals surface area contributed by atoms with Gasteiger partial charge in [-0.3, -0.25) is 5.43 Å². The summed E-state index contributed by atoms with van der Waals surface area (Å²) in [5, 5.41) is 0. The lowest BCUT2D eigenvalue weighted by molar-refractivity contribution is 0.556. The van der Waals surface area contributed by atoms with Crippen LogP contribution in [0.3, 0.4) is 0 Å². The monoisotopic (exact) mass is 122 g/mol. The van der Waals surface area contributed by atoms with Crippen molar-refractivity contribution in [3.63, 3.8) is 0 Å². The Labute approximate surface area is 52.3 Å². The van der Waals surface area contributed by atoms with Gasteiger partial charge in [0.1, 0.15) is 0 Å². The molecule has 0 spiro atoms. The molecule has 0 bridgehead atoms. The largest absolute Gasteiger partial charge is 0.463 e. The van der Waals surface area contributed by atoms with Crippen LogP contribution in [0.5, 0.6) is 0 Å². The summed E-state index contributed by atoms with van der Waals surface area (Å²) in [7, 11) is 0. The van der Waals surface area contributed by atoms with Gasteiger partial charge in [-0.1, -0.05) is 0 Å². The topological polar surface area (TPSA) is 37.2 Å². The molecule has 0 aromatic carbocycles. The lowest BCUT2D eigenvalue weighted by Crippen LogP contribution is -2.16. The van der Waals surface area contributed by atoms with Gasteiger partial charge in [0.2, 0.25) is 0 Å². The summed E-state index contributed by atoms with van der Waals surface area (Å²) >= 11 is 0. The van der Waals surface area contributed by atoms with Gasteiger partial charge in [-0.25, -0.2) is 0 Å². The quantitative estimate of drug-likeness (QED) is 0.542. The van der Waals surface area contributed by atoms with Gasteiger partial charge in [0.05, 0.1) is 12.0 Å². The minimum Gasteiger partial charge on any atom is -0.463 e. The zero-order valence-electron chi connectivity index (χ0n) is 4.72. The van der Waals surface area contributed by atoms with Crippen molar-refractivity contribution in [2.45, 2.75) is 0 Å². The van der Waals surface area contributed by atoms with E-state index in [0.29, 0.717) is 0 Å². The molecule has 1 aliphatic rings. The van der Waals surface area contributed by atoms with Gasteiger partial charge in [-0.05, 0) is 0 Å². The summed E-state index contributed by atoms with van der Waals surface area (Å²) in [6, 6.07) is 1.87. The van der Waals surface area contributed by atoms with Crippen molar-refractivity contribution in [3.8, 4) is 0 Å². The molecule has 2 N–H and O–H groups in total. The minimum absolute atomic E-state index is 0.869. The molecule has 2 rings (SSSR count). The number of nitrogens with one attached hydrogen (secondary N) is 2. The highest BCUT2D eigenvalue weighted by atomic mass is 16.3. The van der Waals surface area contributed by atoms with E-state index < -0.39 is 0 Å². The van der Waals surface area contributed by atoms with E-state index in [0.717, 1.165) is 11.4 Å². The molecule has 0 unspecified atom stereocenters. The van der Waals surface area contributed by atoms with Crippen LogP contribution < -0.4 is 10.9 Å². The van der Waals surface area contributed by atoms with Gasteiger partial charge in [0.15, 0.2) is 5.76 Å². The molecule has 3 heteroatoms. The zero-order chi connectivity index (χ0) is 6.10. The highest BCUT2D eigenvalue weighted by Gasteiger charge is 2.03. The van der Waals surface area contributed by atoms with Crippen LogP contribution >= 0.6 is 0 Å². The van der Waals surface area contributed by atoms with Crippen LogP contribution in [0.4, 0.5) is 5.69 Å². The van der Waals surface area contributed by atoms with Crippen molar-refractivity contribution < 1.29 is 4.42 Å². The van der Waals surface area contributed by atoms with Crippen LogP contribution in [-0.4, -0.2) is 0 Å². The van der Waals surface area contributed by atoms with Crippen molar-refractivity contribution in [1.82, 2.24) is 5.43 Å². The Bertz CT molecular complexity index is 239. The summed E-state index contributed by atoms with van der Waals surface area (Å²) in [5.74, 6) is 0.869. The predicted molar refractivity (Wildman–Crippen MR) is 34.5 cm³/mol. The molecule has 9 heavy (non-hydrogen) atoms. The Morgan fingerprint density at radius 3 is 3.33 bits per heavy atom. The molecule has 3 nitrogen and oxygen atoms in total. The van der Waals surface area contributed by atoms with Gasteiger partial charge < -0.3 is 9.84 Å². The molecule has 0 atom stereocenters. The lowest BCUT2D eigenvalue weighted by atomic mass is 10.3. The van der Waals surface area contributed by atoms with Gasteiger partial charge in [-0.15, -0.1) is 0 Å². The number of furan rings is 1. The molecule has 0 saturated heterocycles. The fourth-order valence-electron chi connectivity index (χ4n) is 0.790. The van der Waals surface area contributed by atoms with Crippen LogP contribution in [-0.2, 0) is 0 Å². The molecule has 0 radical (unpaired) electrons. The summed E-state index contributed by atoms with van der Waals surface area (Å²) in [6.45, 7) is 0. The van der Waals surface area contributed by atoms with E-state index in [1.165, 1.54) is 0 Å². The fourth-order valence-corrected chi connectivity index (χ4v) is 0.790. The van der Waals surface area contributed by atoms with Gasteiger partial charge in [0.25, 0.3) is 0 Å². The van der Waals surface area contributed by atoms with Crippen molar-refractivity contribution in [2.75, 3.05) is 5.43 Å². The highest BCUT2D eigenvalue weighted by molar-refractivity contribution is 5.63. The smallest absolute Gasteiger partial charge is 0.153 e. The standard InChI is InChI=1S/C6H6N2O/c1-3-7-8-5-2-4-9-6(1)5/h1-4,7-8H. The van der Waals surface area contributed by atoms with E-state index in [1.54, 1.807) is 12.5 Å². The number of hydrogen-bond donors (Lipinski definition) is 2. The van der Waals surface area contributed by atoms with Crippen molar-refractivity contribution >= 4 is 11.8 Å². The van der Waals surface area contributed by atoms with E-state index in [2.05, 4.69) is 10.9 Å². The van der Waals surface area contributed by atoms with Crippen molar-refractivity contribution in [3.05, 3.63) is 24.3 Å². The third kappa shape index (κ3) is 0.579. The molecule has 2 heterocycles. The normalized spacial score (nSPS) is 13.8. The van der Waals surface area contributed by atoms with E-state index in [9.17, 15) is 0 Å². The Morgan fingerprint density at radius 1 is 1.44 bits per heavy atom. The third-order valence-corrected chi connectivity index (χ3v) is 1.22. The van der Waals surface area contributed by atoms with Crippen LogP contribution in [0.25, 0.3) is 6.08 Å². The summed E-state index contributed by atoms with van der Waals surface area (Å²) in [5.41, 5.74) is 6.73. The molecule has 1 aromatic rings. The van der Waals surface area contributed by atoms with E-state index in [-0.39, 0.29) is 0 Å². The molecule has 0 saturated carbocycles. The van der Waals surface area contributed by atoms with E-state index >= 15 is 0 Å². The average Bonchev–Trinajstić information content (AvgIpc) is 2.33. The molecular formula is C6H6N2O. The highest BCUT2D eigenvalue weighted by Crippen LogP contribution is 2.18. The molecular weight excluding hydrogens is 116 g/mol. The number of hydrazine groups is 1. The zero-order valence-corrected chi connectivity index (χ0v) is 4.72. The SMILES string of the molecule is C1=Cc2occc2NN1. The van der Waals surface area contributed by atoms with E-state index in [1.807, 2.05) is 12.1 Å². The predicted octanol–water partition coefficient (Wildman–Crippen LogP) is 1.18. The van der Waals surface area contributed by atoms with Gasteiger partial charge in [0, 0.05) is 18.3 Å². The maximum Gasteiger partial charge on any atom is 0.153 e.